The number of aryl methyl sites for hydroxylation is 1. The number of nitrogens with zero attached hydrogens (tertiary/aromatic N) is 3. The van der Waals surface area contributed by atoms with Gasteiger partial charge in [-0.05, 0) is 42.8 Å². The van der Waals surface area contributed by atoms with Crippen molar-refractivity contribution >= 4 is 5.57 Å². The minimum absolute atomic E-state index is 0. The molecule has 0 bridgehead atoms. The first kappa shape index (κ1) is 32.4. The van der Waals surface area contributed by atoms with E-state index in [4.69, 9.17) is 4.98 Å². The van der Waals surface area contributed by atoms with Crippen molar-refractivity contribution in [3.05, 3.63) is 85.2 Å². The predicted octanol–water partition coefficient (Wildman–Crippen LogP) is 0.899. The van der Waals surface area contributed by atoms with Crippen LogP contribution in [0.15, 0.2) is 79.5 Å². The van der Waals surface area contributed by atoms with E-state index in [-0.39, 0.29) is 48.0 Å². The van der Waals surface area contributed by atoms with Gasteiger partial charge in [0.1, 0.15) is 6.54 Å². The minimum Gasteiger partial charge on any atom is -1.00 e. The first-order valence-corrected chi connectivity index (χ1v) is 13.9. The Balaban J connectivity index is 0.00000253. The van der Waals surface area contributed by atoms with Gasteiger partial charge >= 0.3 is 0 Å². The predicted molar refractivity (Wildman–Crippen MR) is 149 cm³/mol. The molecule has 0 atom stereocenters. The van der Waals surface area contributed by atoms with Gasteiger partial charge in [0.2, 0.25) is 5.69 Å². The molecule has 1 aliphatic heterocycles. The third kappa shape index (κ3) is 9.74. The maximum atomic E-state index is 4.76. The second kappa shape index (κ2) is 17.7. The number of aromatic amines is 1. The van der Waals surface area contributed by atoms with E-state index in [1.807, 2.05) is 6.20 Å². The number of allylic oxidation sites excluding steroid dienone is 2. The highest BCUT2D eigenvalue weighted by molar-refractivity contribution is 5.74. The van der Waals surface area contributed by atoms with Crippen LogP contribution in [-0.4, -0.2) is 23.0 Å². The third-order valence-corrected chi connectivity index (χ3v) is 6.99. The summed E-state index contributed by atoms with van der Waals surface area (Å²) in [5.41, 5.74) is 6.84. The molecular formula is C32H42I2N4. The molecule has 3 aromatic rings. The molecule has 1 aliphatic rings. The number of H-pyrrole nitrogens is 1. The molecule has 0 saturated carbocycles. The summed E-state index contributed by atoms with van der Waals surface area (Å²) in [6.45, 7) is 7.72. The Kier molecular flexibility index (Phi) is 15.1. The number of rotatable bonds is 13. The van der Waals surface area contributed by atoms with Crippen molar-refractivity contribution in [1.29, 1.82) is 0 Å². The van der Waals surface area contributed by atoms with E-state index in [1.165, 1.54) is 62.5 Å². The number of nitrogens with one attached hydrogen (secondary N) is 1. The summed E-state index contributed by atoms with van der Waals surface area (Å²) in [5.74, 6) is 0. The maximum Gasteiger partial charge on any atom is 0.211 e. The number of halogens is 2. The minimum atomic E-state index is 0. The second-order valence-electron chi connectivity index (χ2n) is 9.84. The normalized spacial score (nSPS) is 12.5. The summed E-state index contributed by atoms with van der Waals surface area (Å²) in [7, 11) is 0. The van der Waals surface area contributed by atoms with Crippen molar-refractivity contribution in [1.82, 2.24) is 9.88 Å². The van der Waals surface area contributed by atoms with Crippen molar-refractivity contribution in [3.63, 3.8) is 0 Å². The SMILES string of the molecule is CCCCCCN1C=CC(c2ccc(-c3ccc(-c4cc[n+](CCCCCC)cc4)[nH+]c3)cn2)=CC1.[I-].[I-]. The van der Waals surface area contributed by atoms with Gasteiger partial charge in [0, 0.05) is 55.0 Å². The molecule has 0 radical (unpaired) electrons. The zero-order valence-corrected chi connectivity index (χ0v) is 27.2. The number of unbranched alkanes of at least 4 members (excludes halogenated alkanes) is 6. The van der Waals surface area contributed by atoms with Crippen LogP contribution in [0.25, 0.3) is 28.0 Å². The summed E-state index contributed by atoms with van der Waals surface area (Å²) in [6, 6.07) is 13.0. The van der Waals surface area contributed by atoms with Gasteiger partial charge in [0.05, 0.1) is 11.3 Å². The Bertz CT molecular complexity index is 1120. The highest BCUT2D eigenvalue weighted by Crippen LogP contribution is 2.23. The maximum absolute atomic E-state index is 4.76. The monoisotopic (exact) mass is 736 g/mol. The van der Waals surface area contributed by atoms with Crippen molar-refractivity contribution < 1.29 is 57.5 Å². The van der Waals surface area contributed by atoms with E-state index in [0.717, 1.165) is 42.1 Å². The molecule has 0 unspecified atom stereocenters. The fourth-order valence-electron chi connectivity index (χ4n) is 4.65. The molecule has 0 saturated heterocycles. The molecule has 4 heterocycles. The fourth-order valence-corrected chi connectivity index (χ4v) is 4.65. The van der Waals surface area contributed by atoms with Crippen LogP contribution in [0, 0.1) is 0 Å². The molecule has 0 spiro atoms. The van der Waals surface area contributed by atoms with Gasteiger partial charge in [-0.15, -0.1) is 0 Å². The Morgan fingerprint density at radius 1 is 0.816 bits per heavy atom. The van der Waals surface area contributed by atoms with Crippen LogP contribution in [-0.2, 0) is 6.54 Å². The molecule has 204 valence electrons. The van der Waals surface area contributed by atoms with Crippen LogP contribution in [0.4, 0.5) is 0 Å². The summed E-state index contributed by atoms with van der Waals surface area (Å²) in [4.78, 5) is 10.6. The van der Waals surface area contributed by atoms with Gasteiger partial charge < -0.3 is 52.9 Å². The number of hydrogen-bond donors (Lipinski definition) is 0. The summed E-state index contributed by atoms with van der Waals surface area (Å²) in [5, 5.41) is 0. The Labute approximate surface area is 263 Å². The van der Waals surface area contributed by atoms with Crippen LogP contribution in [0.3, 0.4) is 0 Å². The largest absolute Gasteiger partial charge is 1.00 e. The third-order valence-electron chi connectivity index (χ3n) is 6.99. The Morgan fingerprint density at radius 3 is 2.16 bits per heavy atom. The molecule has 0 amide bonds. The Hall–Kier alpha value is -1.81. The molecule has 6 heteroatoms. The topological polar surface area (TPSA) is 34.2 Å². The first-order valence-electron chi connectivity index (χ1n) is 13.9. The van der Waals surface area contributed by atoms with E-state index >= 15 is 0 Å². The van der Waals surface area contributed by atoms with E-state index in [9.17, 15) is 0 Å². The van der Waals surface area contributed by atoms with E-state index < -0.39 is 0 Å². The van der Waals surface area contributed by atoms with Gasteiger partial charge in [-0.2, -0.15) is 0 Å². The number of hydrogen-bond acceptors (Lipinski definition) is 2. The lowest BCUT2D eigenvalue weighted by Crippen LogP contribution is -3.00. The lowest BCUT2D eigenvalue weighted by molar-refractivity contribution is -0.697. The Morgan fingerprint density at radius 2 is 1.55 bits per heavy atom. The highest BCUT2D eigenvalue weighted by Gasteiger charge is 2.11. The standard InChI is InChI=1S/C32H41N4.2HI/c1-3-5-7-9-19-35-21-15-27(16-22-35)31-13-11-29(25-33-31)30-12-14-32(34-26-30)28-17-23-36(24-18-28)20-10-8-6-4-2;;/h11-18,21-23,25-26H,3-10,19-20,24H2,1-2H3;2*1H/q+1;;/p-1. The van der Waals surface area contributed by atoms with Gasteiger partial charge in [-0.3, -0.25) is 4.98 Å². The van der Waals surface area contributed by atoms with E-state index in [2.05, 4.69) is 102 Å². The zero-order valence-electron chi connectivity index (χ0n) is 22.9. The van der Waals surface area contributed by atoms with E-state index in [0.29, 0.717) is 0 Å². The molecule has 3 aromatic heterocycles. The van der Waals surface area contributed by atoms with Crippen LogP contribution in [0.5, 0.6) is 0 Å². The van der Waals surface area contributed by atoms with Crippen molar-refractivity contribution in [2.24, 2.45) is 0 Å². The van der Waals surface area contributed by atoms with Crippen LogP contribution in [0.1, 0.15) is 70.9 Å². The zero-order chi connectivity index (χ0) is 25.0. The molecule has 4 nitrogen and oxygen atoms in total. The summed E-state index contributed by atoms with van der Waals surface area (Å²) >= 11 is 0. The van der Waals surface area contributed by atoms with Crippen molar-refractivity contribution in [2.45, 2.75) is 71.8 Å². The van der Waals surface area contributed by atoms with Crippen LogP contribution >= 0.6 is 0 Å². The second-order valence-corrected chi connectivity index (χ2v) is 9.84. The number of aromatic nitrogens is 3. The quantitative estimate of drug-likeness (QED) is 0.149. The molecular weight excluding hydrogens is 694 g/mol. The lowest BCUT2D eigenvalue weighted by Gasteiger charge is -2.22. The van der Waals surface area contributed by atoms with Crippen LogP contribution < -0.4 is 57.5 Å². The average Bonchev–Trinajstić information content (AvgIpc) is 2.94. The average molecular weight is 737 g/mol. The number of pyridine rings is 3. The highest BCUT2D eigenvalue weighted by atomic mass is 127. The van der Waals surface area contributed by atoms with Gasteiger partial charge in [0.25, 0.3) is 0 Å². The lowest BCUT2D eigenvalue weighted by atomic mass is 10.0. The van der Waals surface area contributed by atoms with E-state index in [1.54, 1.807) is 0 Å². The smallest absolute Gasteiger partial charge is 0.211 e. The molecule has 38 heavy (non-hydrogen) atoms. The summed E-state index contributed by atoms with van der Waals surface area (Å²) < 4.78 is 2.28. The molecule has 1 N–H and O–H groups in total. The summed E-state index contributed by atoms with van der Waals surface area (Å²) in [6.07, 6.45) is 25.5. The molecule has 0 fully saturated rings. The fraction of sp³-hybridized carbons (Fsp3) is 0.406. The molecule has 4 rings (SSSR count). The first-order chi connectivity index (χ1) is 17.8. The van der Waals surface area contributed by atoms with Crippen molar-refractivity contribution in [3.8, 4) is 22.4 Å². The van der Waals surface area contributed by atoms with Crippen molar-refractivity contribution in [2.75, 3.05) is 13.1 Å². The van der Waals surface area contributed by atoms with Gasteiger partial charge in [0.15, 0.2) is 18.6 Å². The molecule has 0 aromatic carbocycles. The van der Waals surface area contributed by atoms with Crippen LogP contribution in [0.2, 0.25) is 0 Å². The van der Waals surface area contributed by atoms with Gasteiger partial charge in [-0.25, -0.2) is 9.55 Å². The molecule has 0 aliphatic carbocycles. The van der Waals surface area contributed by atoms with Gasteiger partial charge in [-0.1, -0.05) is 58.1 Å².